The molecule has 0 aliphatic heterocycles. The Morgan fingerprint density at radius 2 is 1.67 bits per heavy atom. The molecule has 1 aromatic carbocycles. The van der Waals surface area contributed by atoms with Crippen molar-refractivity contribution in [1.29, 1.82) is 0 Å². The molecular formula is C17H22N2O2. The van der Waals surface area contributed by atoms with Gasteiger partial charge in [-0.25, -0.2) is 0 Å². The van der Waals surface area contributed by atoms with Crippen molar-refractivity contribution in [3.63, 3.8) is 0 Å². The molecule has 2 rings (SSSR count). The Labute approximate surface area is 125 Å². The van der Waals surface area contributed by atoms with E-state index < -0.39 is 0 Å². The summed E-state index contributed by atoms with van der Waals surface area (Å²) >= 11 is 0. The van der Waals surface area contributed by atoms with Crippen LogP contribution in [0.3, 0.4) is 0 Å². The lowest BCUT2D eigenvalue weighted by Gasteiger charge is -2.20. The summed E-state index contributed by atoms with van der Waals surface area (Å²) in [6.45, 7) is 6.98. The number of benzene rings is 1. The van der Waals surface area contributed by atoms with Crippen molar-refractivity contribution in [2.45, 2.75) is 20.8 Å². The number of nitrogens with zero attached hydrogens (tertiary/aromatic N) is 2. The summed E-state index contributed by atoms with van der Waals surface area (Å²) in [6, 6.07) is 11.8. The molecule has 0 aliphatic carbocycles. The number of aliphatic hydroxyl groups excluding tert-OH is 1. The number of hydrogen-bond donors (Lipinski definition) is 1. The molecule has 1 amide bonds. The third-order valence-electron chi connectivity index (χ3n) is 3.68. The lowest BCUT2D eigenvalue weighted by Crippen LogP contribution is -2.33. The number of amides is 1. The Hall–Kier alpha value is -2.07. The maximum atomic E-state index is 12.3. The van der Waals surface area contributed by atoms with Gasteiger partial charge in [-0.2, -0.15) is 0 Å². The van der Waals surface area contributed by atoms with Crippen LogP contribution in [0.15, 0.2) is 36.4 Å². The molecule has 112 valence electrons. The van der Waals surface area contributed by atoms with Crippen molar-refractivity contribution < 1.29 is 9.90 Å². The van der Waals surface area contributed by atoms with Crippen LogP contribution in [0.4, 0.5) is 0 Å². The first-order valence-corrected chi connectivity index (χ1v) is 7.24. The Morgan fingerprint density at radius 1 is 1.10 bits per heavy atom. The molecule has 0 bridgehead atoms. The van der Waals surface area contributed by atoms with E-state index in [0.717, 1.165) is 5.69 Å². The number of rotatable bonds is 5. The maximum Gasteiger partial charge on any atom is 0.253 e. The predicted octanol–water partition coefficient (Wildman–Crippen LogP) is 2.55. The zero-order chi connectivity index (χ0) is 15.4. The second-order valence-corrected chi connectivity index (χ2v) is 5.11. The van der Waals surface area contributed by atoms with Gasteiger partial charge in [0, 0.05) is 35.7 Å². The smallest absolute Gasteiger partial charge is 0.253 e. The summed E-state index contributed by atoms with van der Waals surface area (Å²) in [4.78, 5) is 13.9. The van der Waals surface area contributed by atoms with E-state index in [1.807, 2.05) is 31.2 Å². The average Bonchev–Trinajstić information content (AvgIpc) is 2.83. The van der Waals surface area contributed by atoms with E-state index in [1.165, 1.54) is 11.4 Å². The number of aliphatic hydroxyl groups is 1. The van der Waals surface area contributed by atoms with Crippen molar-refractivity contribution in [2.75, 3.05) is 19.7 Å². The lowest BCUT2D eigenvalue weighted by molar-refractivity contribution is 0.0732. The summed E-state index contributed by atoms with van der Waals surface area (Å²) in [6.07, 6.45) is 0. The van der Waals surface area contributed by atoms with Crippen molar-refractivity contribution in [2.24, 2.45) is 0 Å². The van der Waals surface area contributed by atoms with Crippen molar-refractivity contribution in [1.82, 2.24) is 9.47 Å². The predicted molar refractivity (Wildman–Crippen MR) is 83.9 cm³/mol. The second kappa shape index (κ2) is 6.59. The van der Waals surface area contributed by atoms with Gasteiger partial charge in [0.1, 0.15) is 0 Å². The minimum absolute atomic E-state index is 0.0145. The first-order valence-electron chi connectivity index (χ1n) is 7.24. The van der Waals surface area contributed by atoms with Crippen LogP contribution in [-0.2, 0) is 0 Å². The molecule has 0 saturated carbocycles. The zero-order valence-electron chi connectivity index (χ0n) is 12.8. The van der Waals surface area contributed by atoms with Crippen molar-refractivity contribution >= 4 is 5.91 Å². The van der Waals surface area contributed by atoms with E-state index in [0.29, 0.717) is 18.7 Å². The van der Waals surface area contributed by atoms with Crippen LogP contribution < -0.4 is 0 Å². The number of carbonyl (C=O) groups is 1. The monoisotopic (exact) mass is 286 g/mol. The van der Waals surface area contributed by atoms with Crippen LogP contribution in [-0.4, -0.2) is 40.2 Å². The summed E-state index contributed by atoms with van der Waals surface area (Å²) in [5, 5.41) is 9.00. The van der Waals surface area contributed by atoms with Crippen LogP contribution in [0.2, 0.25) is 0 Å². The Balaban J connectivity index is 2.25. The summed E-state index contributed by atoms with van der Waals surface area (Å²) in [7, 11) is 0. The summed E-state index contributed by atoms with van der Waals surface area (Å²) < 4.78 is 2.15. The van der Waals surface area contributed by atoms with E-state index in [1.54, 1.807) is 4.90 Å². The van der Waals surface area contributed by atoms with Gasteiger partial charge in [-0.05, 0) is 57.2 Å². The van der Waals surface area contributed by atoms with Gasteiger partial charge in [-0.3, -0.25) is 4.79 Å². The molecule has 2 aromatic rings. The highest BCUT2D eigenvalue weighted by atomic mass is 16.3. The molecule has 0 spiro atoms. The third kappa shape index (κ3) is 3.16. The average molecular weight is 286 g/mol. The molecule has 4 nitrogen and oxygen atoms in total. The SMILES string of the molecule is CCN(CCO)C(=O)c1ccc(-n2c(C)ccc2C)cc1. The van der Waals surface area contributed by atoms with Gasteiger partial charge in [0.05, 0.1) is 6.61 Å². The van der Waals surface area contributed by atoms with Gasteiger partial charge in [0.15, 0.2) is 0 Å². The fraction of sp³-hybridized carbons (Fsp3) is 0.353. The van der Waals surface area contributed by atoms with Gasteiger partial charge in [-0.1, -0.05) is 0 Å². The van der Waals surface area contributed by atoms with E-state index in [4.69, 9.17) is 5.11 Å². The van der Waals surface area contributed by atoms with Crippen molar-refractivity contribution in [3.05, 3.63) is 53.3 Å². The highest BCUT2D eigenvalue weighted by Gasteiger charge is 2.13. The zero-order valence-corrected chi connectivity index (χ0v) is 12.8. The topological polar surface area (TPSA) is 45.5 Å². The highest BCUT2D eigenvalue weighted by molar-refractivity contribution is 5.94. The van der Waals surface area contributed by atoms with E-state index in [2.05, 4.69) is 30.5 Å². The molecule has 1 heterocycles. The lowest BCUT2D eigenvalue weighted by atomic mass is 10.1. The molecule has 4 heteroatoms. The maximum absolute atomic E-state index is 12.3. The van der Waals surface area contributed by atoms with Gasteiger partial charge < -0.3 is 14.6 Å². The molecule has 0 unspecified atom stereocenters. The highest BCUT2D eigenvalue weighted by Crippen LogP contribution is 2.17. The third-order valence-corrected chi connectivity index (χ3v) is 3.68. The Kier molecular flexibility index (Phi) is 4.81. The van der Waals surface area contributed by atoms with Gasteiger partial charge in [0.25, 0.3) is 5.91 Å². The molecule has 0 fully saturated rings. The van der Waals surface area contributed by atoms with Gasteiger partial charge >= 0.3 is 0 Å². The number of carbonyl (C=O) groups excluding carboxylic acids is 1. The number of hydrogen-bond acceptors (Lipinski definition) is 2. The molecule has 21 heavy (non-hydrogen) atoms. The molecule has 0 saturated heterocycles. The van der Waals surface area contributed by atoms with E-state index in [-0.39, 0.29) is 12.5 Å². The number of aryl methyl sites for hydroxylation is 2. The number of likely N-dealkylation sites (N-methyl/N-ethyl adjacent to an activating group) is 1. The van der Waals surface area contributed by atoms with Crippen LogP contribution in [0.1, 0.15) is 28.7 Å². The normalized spacial score (nSPS) is 10.7. The molecule has 0 atom stereocenters. The quantitative estimate of drug-likeness (QED) is 0.918. The van der Waals surface area contributed by atoms with Crippen LogP contribution in [0.5, 0.6) is 0 Å². The van der Waals surface area contributed by atoms with Crippen LogP contribution >= 0.6 is 0 Å². The molecule has 0 aliphatic rings. The van der Waals surface area contributed by atoms with Crippen molar-refractivity contribution in [3.8, 4) is 5.69 Å². The minimum Gasteiger partial charge on any atom is -0.395 e. The standard InChI is InChI=1S/C17H22N2O2/c1-4-18(11-12-20)17(21)15-7-9-16(10-8-15)19-13(2)5-6-14(19)3/h5-10,20H,4,11-12H2,1-3H3. The van der Waals surface area contributed by atoms with Crippen LogP contribution in [0.25, 0.3) is 5.69 Å². The fourth-order valence-corrected chi connectivity index (χ4v) is 2.54. The van der Waals surface area contributed by atoms with E-state index in [9.17, 15) is 4.79 Å². The van der Waals surface area contributed by atoms with Gasteiger partial charge in [-0.15, -0.1) is 0 Å². The molecule has 0 radical (unpaired) electrons. The van der Waals surface area contributed by atoms with Gasteiger partial charge in [0.2, 0.25) is 0 Å². The second-order valence-electron chi connectivity index (χ2n) is 5.11. The Bertz CT molecular complexity index is 595. The molecule has 1 N–H and O–H groups in total. The fourth-order valence-electron chi connectivity index (χ4n) is 2.54. The Morgan fingerprint density at radius 3 is 2.14 bits per heavy atom. The molecule has 1 aromatic heterocycles. The minimum atomic E-state index is -0.0425. The van der Waals surface area contributed by atoms with Crippen LogP contribution in [0, 0.1) is 13.8 Å². The largest absolute Gasteiger partial charge is 0.395 e. The number of aromatic nitrogens is 1. The summed E-state index contributed by atoms with van der Waals surface area (Å²) in [5.41, 5.74) is 4.04. The molecular weight excluding hydrogens is 264 g/mol. The first-order chi connectivity index (χ1) is 10.1. The van der Waals surface area contributed by atoms with E-state index >= 15 is 0 Å². The first kappa shape index (κ1) is 15.3. The summed E-state index contributed by atoms with van der Waals surface area (Å²) in [5.74, 6) is -0.0425.